The van der Waals surface area contributed by atoms with Gasteiger partial charge in [-0.15, -0.1) is 0 Å². The number of hydrogen-bond donors (Lipinski definition) is 1. The molecule has 8 heteroatoms. The van der Waals surface area contributed by atoms with Crippen molar-refractivity contribution in [1.82, 2.24) is 4.72 Å². The van der Waals surface area contributed by atoms with Gasteiger partial charge in [-0.1, -0.05) is 41.5 Å². The van der Waals surface area contributed by atoms with Gasteiger partial charge in [0.1, 0.15) is 6.10 Å². The highest BCUT2D eigenvalue weighted by atomic mass is 32.2. The van der Waals surface area contributed by atoms with E-state index >= 15 is 0 Å². The number of carbonyl (C=O) groups excluding carboxylic acids is 2. The Kier molecular flexibility index (Phi) is 7.36. The summed E-state index contributed by atoms with van der Waals surface area (Å²) in [5.41, 5.74) is -0.200. The zero-order valence-corrected chi connectivity index (χ0v) is 18.6. The van der Waals surface area contributed by atoms with Crippen LogP contribution in [0.5, 0.6) is 0 Å². The Balaban J connectivity index is 3.01. The predicted octanol–water partition coefficient (Wildman–Crippen LogP) is 3.34. The molecule has 0 bridgehead atoms. The molecule has 0 heterocycles. The zero-order chi connectivity index (χ0) is 21.2. The fourth-order valence-corrected chi connectivity index (χ4v) is 4.28. The second-order valence-electron chi connectivity index (χ2n) is 9.83. The van der Waals surface area contributed by atoms with Crippen LogP contribution in [-0.4, -0.2) is 39.4 Å². The van der Waals surface area contributed by atoms with E-state index in [0.717, 1.165) is 19.1 Å². The summed E-state index contributed by atoms with van der Waals surface area (Å²) >= 11 is 0. The summed E-state index contributed by atoms with van der Waals surface area (Å²) in [6.07, 6.45) is 1.22. The summed E-state index contributed by atoms with van der Waals surface area (Å²) in [6, 6.07) is 0. The SMILES string of the molecule is CC(=O)OC1C(C(C)(C)C)CC(COC(=O)NS(C)(=O)=O)CC1C(C)(C)C. The van der Waals surface area contributed by atoms with Crippen molar-refractivity contribution >= 4 is 22.1 Å². The first kappa shape index (κ1) is 23.7. The van der Waals surface area contributed by atoms with Crippen molar-refractivity contribution in [3.8, 4) is 0 Å². The molecule has 1 aliphatic rings. The number of sulfonamides is 1. The number of rotatable bonds is 4. The van der Waals surface area contributed by atoms with Crippen LogP contribution in [0.4, 0.5) is 4.79 Å². The van der Waals surface area contributed by atoms with E-state index in [4.69, 9.17) is 9.47 Å². The van der Waals surface area contributed by atoms with E-state index < -0.39 is 16.1 Å². The third kappa shape index (κ3) is 7.68. The van der Waals surface area contributed by atoms with E-state index in [1.165, 1.54) is 6.92 Å². The number of carbonyl (C=O) groups is 2. The number of amides is 1. The summed E-state index contributed by atoms with van der Waals surface area (Å²) in [5, 5.41) is 0. The normalized spacial score (nSPS) is 27.0. The van der Waals surface area contributed by atoms with E-state index in [1.807, 2.05) is 4.72 Å². The molecule has 1 fully saturated rings. The van der Waals surface area contributed by atoms with E-state index in [2.05, 4.69) is 41.5 Å². The quantitative estimate of drug-likeness (QED) is 0.720. The van der Waals surface area contributed by atoms with Crippen molar-refractivity contribution in [1.29, 1.82) is 0 Å². The number of esters is 1. The van der Waals surface area contributed by atoms with Crippen LogP contribution in [0.15, 0.2) is 0 Å². The summed E-state index contributed by atoms with van der Waals surface area (Å²) in [6.45, 7) is 14.3. The van der Waals surface area contributed by atoms with Gasteiger partial charge < -0.3 is 9.47 Å². The van der Waals surface area contributed by atoms with Gasteiger partial charge in [0.2, 0.25) is 10.0 Å². The van der Waals surface area contributed by atoms with Crippen LogP contribution in [0.3, 0.4) is 0 Å². The van der Waals surface area contributed by atoms with Gasteiger partial charge in [-0.2, -0.15) is 0 Å². The third-order valence-corrected chi connectivity index (χ3v) is 5.75. The van der Waals surface area contributed by atoms with Crippen molar-refractivity contribution in [3.63, 3.8) is 0 Å². The number of ether oxygens (including phenoxy) is 2. The van der Waals surface area contributed by atoms with Gasteiger partial charge in [0.25, 0.3) is 0 Å². The molecule has 1 saturated carbocycles. The monoisotopic (exact) mass is 405 g/mol. The highest BCUT2D eigenvalue weighted by Gasteiger charge is 2.48. The zero-order valence-electron chi connectivity index (χ0n) is 17.8. The predicted molar refractivity (Wildman–Crippen MR) is 103 cm³/mol. The lowest BCUT2D eigenvalue weighted by molar-refractivity contribution is -0.168. The molecule has 7 nitrogen and oxygen atoms in total. The molecular weight excluding hydrogens is 370 g/mol. The van der Waals surface area contributed by atoms with Crippen molar-refractivity contribution in [2.24, 2.45) is 28.6 Å². The first-order chi connectivity index (χ1) is 12.0. The number of nitrogens with one attached hydrogen (secondary N) is 1. The minimum atomic E-state index is -3.65. The fourth-order valence-electron chi connectivity index (χ4n) is 3.92. The molecule has 0 saturated heterocycles. The van der Waals surface area contributed by atoms with Crippen LogP contribution in [0.2, 0.25) is 0 Å². The van der Waals surface area contributed by atoms with Crippen LogP contribution < -0.4 is 4.72 Å². The van der Waals surface area contributed by atoms with Crippen LogP contribution in [-0.2, 0) is 24.3 Å². The fraction of sp³-hybridized carbons (Fsp3) is 0.895. The van der Waals surface area contributed by atoms with Crippen LogP contribution in [0.25, 0.3) is 0 Å². The Hall–Kier alpha value is -1.31. The van der Waals surface area contributed by atoms with Crippen molar-refractivity contribution in [2.45, 2.75) is 67.4 Å². The Morgan fingerprint density at radius 2 is 1.44 bits per heavy atom. The molecule has 1 aliphatic carbocycles. The maximum absolute atomic E-state index is 11.7. The van der Waals surface area contributed by atoms with Crippen molar-refractivity contribution in [2.75, 3.05) is 12.9 Å². The van der Waals surface area contributed by atoms with E-state index in [0.29, 0.717) is 0 Å². The smallest absolute Gasteiger partial charge is 0.420 e. The van der Waals surface area contributed by atoms with Crippen LogP contribution in [0, 0.1) is 28.6 Å². The second kappa shape index (κ2) is 8.37. The lowest BCUT2D eigenvalue weighted by Gasteiger charge is -2.50. The largest absolute Gasteiger partial charge is 0.462 e. The molecule has 1 amide bonds. The number of hydrogen-bond acceptors (Lipinski definition) is 6. The Morgan fingerprint density at radius 3 is 1.78 bits per heavy atom. The topological polar surface area (TPSA) is 98.8 Å². The van der Waals surface area contributed by atoms with Gasteiger partial charge >= 0.3 is 12.1 Å². The van der Waals surface area contributed by atoms with E-state index in [-0.39, 0.29) is 47.3 Å². The van der Waals surface area contributed by atoms with Gasteiger partial charge in [-0.25, -0.2) is 17.9 Å². The molecule has 0 spiro atoms. The third-order valence-electron chi connectivity index (χ3n) is 5.21. The summed E-state index contributed by atoms with van der Waals surface area (Å²) in [4.78, 5) is 23.4. The molecule has 158 valence electrons. The average Bonchev–Trinajstić information content (AvgIpc) is 2.40. The summed E-state index contributed by atoms with van der Waals surface area (Å²) in [5.74, 6) is -0.0156. The molecule has 0 aliphatic heterocycles. The molecule has 2 unspecified atom stereocenters. The van der Waals surface area contributed by atoms with Crippen LogP contribution >= 0.6 is 0 Å². The Morgan fingerprint density at radius 1 is 1.00 bits per heavy atom. The van der Waals surface area contributed by atoms with Crippen LogP contribution in [0.1, 0.15) is 61.3 Å². The molecule has 0 radical (unpaired) electrons. The highest BCUT2D eigenvalue weighted by molar-refractivity contribution is 7.89. The Bertz CT molecular complexity index is 620. The maximum Gasteiger partial charge on any atom is 0.420 e. The summed E-state index contributed by atoms with van der Waals surface area (Å²) < 4.78 is 35.0. The highest BCUT2D eigenvalue weighted by Crippen LogP contribution is 2.49. The Labute approximate surface area is 163 Å². The molecule has 2 atom stereocenters. The van der Waals surface area contributed by atoms with Crippen molar-refractivity contribution < 1.29 is 27.5 Å². The van der Waals surface area contributed by atoms with Gasteiger partial charge in [0.15, 0.2) is 0 Å². The molecule has 0 aromatic rings. The van der Waals surface area contributed by atoms with E-state index in [9.17, 15) is 18.0 Å². The first-order valence-electron chi connectivity index (χ1n) is 9.32. The van der Waals surface area contributed by atoms with Gasteiger partial charge in [-0.05, 0) is 29.6 Å². The minimum Gasteiger partial charge on any atom is -0.462 e. The van der Waals surface area contributed by atoms with E-state index in [1.54, 1.807) is 0 Å². The van der Waals surface area contributed by atoms with Gasteiger partial charge in [-0.3, -0.25) is 4.79 Å². The second-order valence-corrected chi connectivity index (χ2v) is 11.6. The first-order valence-corrected chi connectivity index (χ1v) is 11.2. The standard InChI is InChI=1S/C19H35NO6S/c1-12(21)26-16-14(18(2,3)4)9-13(10-15(16)19(5,6)7)11-25-17(22)20-27(8,23)24/h13-16H,9-11H2,1-8H3,(H,20,22). The van der Waals surface area contributed by atoms with Crippen molar-refractivity contribution in [3.05, 3.63) is 0 Å². The van der Waals surface area contributed by atoms with Gasteiger partial charge in [0.05, 0.1) is 12.9 Å². The molecule has 27 heavy (non-hydrogen) atoms. The molecule has 1 N–H and O–H groups in total. The maximum atomic E-state index is 11.7. The van der Waals surface area contributed by atoms with Gasteiger partial charge in [0, 0.05) is 18.8 Å². The molecular formula is C19H35NO6S. The molecule has 1 rings (SSSR count). The lowest BCUT2D eigenvalue weighted by atomic mass is 9.58. The molecule has 0 aromatic heterocycles. The minimum absolute atomic E-state index is 0.0653. The molecule has 0 aromatic carbocycles. The average molecular weight is 406 g/mol. The summed E-state index contributed by atoms with van der Waals surface area (Å²) in [7, 11) is -3.65. The lowest BCUT2D eigenvalue weighted by Crippen LogP contribution is -2.50.